The molecule has 0 spiro atoms. The first-order valence-corrected chi connectivity index (χ1v) is 12.3. The largest absolute Gasteiger partial charge is 0.379 e. The molecule has 0 aliphatic carbocycles. The van der Waals surface area contributed by atoms with Crippen molar-refractivity contribution in [2.75, 3.05) is 57.4 Å². The Bertz CT molecular complexity index is 1160. The molecule has 1 amide bonds. The molecule has 4 rings (SSSR count). The topological polar surface area (TPSA) is 93.9 Å². The SMILES string of the molecule is N#Cc1ccc(N2CCCN(C(=O)c3ccc(F)c(S(=O)(=O)N4CCOCC4)c3)CC2)cc1. The summed E-state index contributed by atoms with van der Waals surface area (Å²) in [6.07, 6.45) is 0.728. The number of hydrogen-bond acceptors (Lipinski definition) is 6. The van der Waals surface area contributed by atoms with Gasteiger partial charge in [-0.05, 0) is 48.9 Å². The Balaban J connectivity index is 1.50. The normalized spacial score (nSPS) is 17.9. The van der Waals surface area contributed by atoms with Crippen molar-refractivity contribution in [3.8, 4) is 6.07 Å². The second-order valence-electron chi connectivity index (χ2n) is 7.95. The molecule has 0 aromatic heterocycles. The number of morpholine rings is 1. The molecule has 2 aromatic rings. The standard InChI is InChI=1S/C23H25FN4O4S/c24-21-7-4-19(16-22(21)33(30,31)28-12-14-32-15-13-28)23(29)27-9-1-8-26(10-11-27)20-5-2-18(17-25)3-6-20/h2-7,16H,1,8-15H2. The van der Waals surface area contributed by atoms with Crippen LogP contribution in [0.4, 0.5) is 10.1 Å². The van der Waals surface area contributed by atoms with Crippen LogP contribution in [-0.4, -0.2) is 76.0 Å². The molecule has 0 atom stereocenters. The molecule has 0 radical (unpaired) electrons. The minimum atomic E-state index is -4.06. The van der Waals surface area contributed by atoms with E-state index < -0.39 is 20.7 Å². The van der Waals surface area contributed by atoms with Gasteiger partial charge in [0.05, 0.1) is 24.8 Å². The van der Waals surface area contributed by atoms with Crippen LogP contribution < -0.4 is 4.90 Å². The van der Waals surface area contributed by atoms with Crippen molar-refractivity contribution in [3.63, 3.8) is 0 Å². The van der Waals surface area contributed by atoms with Gasteiger partial charge < -0.3 is 14.5 Å². The van der Waals surface area contributed by atoms with E-state index in [-0.39, 0.29) is 37.8 Å². The van der Waals surface area contributed by atoms with Crippen LogP contribution in [0.25, 0.3) is 0 Å². The maximum Gasteiger partial charge on any atom is 0.253 e. The van der Waals surface area contributed by atoms with Gasteiger partial charge in [0.15, 0.2) is 0 Å². The Morgan fingerprint density at radius 1 is 0.970 bits per heavy atom. The van der Waals surface area contributed by atoms with Crippen LogP contribution >= 0.6 is 0 Å². The molecular weight excluding hydrogens is 447 g/mol. The summed E-state index contributed by atoms with van der Waals surface area (Å²) in [6, 6.07) is 12.9. The zero-order valence-corrected chi connectivity index (χ0v) is 18.9. The third-order valence-corrected chi connectivity index (χ3v) is 7.82. The summed E-state index contributed by atoms with van der Waals surface area (Å²) >= 11 is 0. The summed E-state index contributed by atoms with van der Waals surface area (Å²) in [5.41, 5.74) is 1.71. The molecule has 0 bridgehead atoms. The van der Waals surface area contributed by atoms with Gasteiger partial charge in [0, 0.05) is 50.5 Å². The lowest BCUT2D eigenvalue weighted by Crippen LogP contribution is -2.41. The second-order valence-corrected chi connectivity index (χ2v) is 9.86. The lowest BCUT2D eigenvalue weighted by Gasteiger charge is -2.26. The van der Waals surface area contributed by atoms with E-state index in [4.69, 9.17) is 10.00 Å². The number of carbonyl (C=O) groups is 1. The number of nitriles is 1. The summed E-state index contributed by atoms with van der Waals surface area (Å²) in [6.45, 7) is 3.10. The van der Waals surface area contributed by atoms with E-state index in [2.05, 4.69) is 11.0 Å². The first-order valence-electron chi connectivity index (χ1n) is 10.8. The Morgan fingerprint density at radius 2 is 1.70 bits per heavy atom. The zero-order valence-electron chi connectivity index (χ0n) is 18.1. The van der Waals surface area contributed by atoms with Crippen LogP contribution in [0.15, 0.2) is 47.4 Å². The van der Waals surface area contributed by atoms with Gasteiger partial charge in [-0.3, -0.25) is 4.79 Å². The van der Waals surface area contributed by atoms with Gasteiger partial charge in [-0.15, -0.1) is 0 Å². The first-order chi connectivity index (χ1) is 15.9. The minimum Gasteiger partial charge on any atom is -0.379 e. The smallest absolute Gasteiger partial charge is 0.253 e. The van der Waals surface area contributed by atoms with E-state index in [1.165, 1.54) is 10.4 Å². The molecular formula is C23H25FN4O4S. The molecule has 2 saturated heterocycles. The fourth-order valence-corrected chi connectivity index (χ4v) is 5.57. The average Bonchev–Trinajstić information content (AvgIpc) is 3.11. The Morgan fingerprint density at radius 3 is 2.39 bits per heavy atom. The van der Waals surface area contributed by atoms with E-state index in [1.54, 1.807) is 17.0 Å². The molecule has 33 heavy (non-hydrogen) atoms. The predicted molar refractivity (Wildman–Crippen MR) is 120 cm³/mol. The highest BCUT2D eigenvalue weighted by Crippen LogP contribution is 2.23. The number of ether oxygens (including phenoxy) is 1. The van der Waals surface area contributed by atoms with Crippen LogP contribution in [0.1, 0.15) is 22.3 Å². The molecule has 2 aromatic carbocycles. The summed E-state index contributed by atoms with van der Waals surface area (Å²) in [7, 11) is -4.06. The van der Waals surface area contributed by atoms with Crippen molar-refractivity contribution in [3.05, 3.63) is 59.4 Å². The number of carbonyl (C=O) groups excluding carboxylic acids is 1. The molecule has 0 N–H and O–H groups in total. The molecule has 8 nitrogen and oxygen atoms in total. The highest BCUT2D eigenvalue weighted by Gasteiger charge is 2.30. The van der Waals surface area contributed by atoms with Crippen molar-refractivity contribution in [1.82, 2.24) is 9.21 Å². The zero-order chi connectivity index (χ0) is 23.4. The molecule has 10 heteroatoms. The molecule has 2 aliphatic rings. The molecule has 2 heterocycles. The minimum absolute atomic E-state index is 0.148. The van der Waals surface area contributed by atoms with E-state index in [0.717, 1.165) is 30.8 Å². The van der Waals surface area contributed by atoms with Gasteiger partial charge in [-0.2, -0.15) is 9.57 Å². The summed E-state index contributed by atoms with van der Waals surface area (Å²) in [5, 5.41) is 8.97. The monoisotopic (exact) mass is 472 g/mol. The second kappa shape index (κ2) is 9.87. The number of hydrogen-bond donors (Lipinski definition) is 0. The first kappa shape index (κ1) is 23.2. The number of sulfonamides is 1. The van der Waals surface area contributed by atoms with Crippen LogP contribution in [0.2, 0.25) is 0 Å². The number of halogens is 1. The lowest BCUT2D eigenvalue weighted by atomic mass is 10.2. The average molecular weight is 473 g/mol. The van der Waals surface area contributed by atoms with Gasteiger partial charge in [0.2, 0.25) is 10.0 Å². The van der Waals surface area contributed by atoms with Crippen molar-refractivity contribution in [2.45, 2.75) is 11.3 Å². The molecule has 0 unspecified atom stereocenters. The number of anilines is 1. The molecule has 2 fully saturated rings. The van der Waals surface area contributed by atoms with Gasteiger partial charge in [-0.1, -0.05) is 0 Å². The van der Waals surface area contributed by atoms with Crippen LogP contribution in [0.3, 0.4) is 0 Å². The quantitative estimate of drug-likeness (QED) is 0.676. The van der Waals surface area contributed by atoms with Crippen molar-refractivity contribution in [2.24, 2.45) is 0 Å². The number of nitrogens with zero attached hydrogens (tertiary/aromatic N) is 4. The Labute approximate surface area is 192 Å². The number of amides is 1. The van der Waals surface area contributed by atoms with Crippen molar-refractivity contribution < 1.29 is 22.3 Å². The van der Waals surface area contributed by atoms with Crippen LogP contribution in [0, 0.1) is 17.1 Å². The predicted octanol–water partition coefficient (Wildman–Crippen LogP) is 2.07. The van der Waals surface area contributed by atoms with E-state index >= 15 is 0 Å². The third kappa shape index (κ3) is 5.00. The summed E-state index contributed by atoms with van der Waals surface area (Å²) < 4.78 is 46.7. The van der Waals surface area contributed by atoms with Crippen molar-refractivity contribution in [1.29, 1.82) is 5.26 Å². The highest BCUT2D eigenvalue weighted by molar-refractivity contribution is 7.89. The third-order valence-electron chi connectivity index (χ3n) is 5.91. The fraction of sp³-hybridized carbons (Fsp3) is 0.391. The maximum atomic E-state index is 14.5. The Kier molecular flexibility index (Phi) is 6.93. The lowest BCUT2D eigenvalue weighted by molar-refractivity contribution is 0.0729. The summed E-state index contributed by atoms with van der Waals surface area (Å²) in [4.78, 5) is 16.5. The Hall–Kier alpha value is -3.00. The van der Waals surface area contributed by atoms with Gasteiger partial charge in [0.1, 0.15) is 10.7 Å². The van der Waals surface area contributed by atoms with E-state index in [1.807, 2.05) is 12.1 Å². The fourth-order valence-electron chi connectivity index (χ4n) is 4.07. The van der Waals surface area contributed by atoms with Crippen LogP contribution in [0.5, 0.6) is 0 Å². The molecule has 174 valence electrons. The van der Waals surface area contributed by atoms with Gasteiger partial charge >= 0.3 is 0 Å². The van der Waals surface area contributed by atoms with Crippen molar-refractivity contribution >= 4 is 21.6 Å². The number of rotatable bonds is 4. The van der Waals surface area contributed by atoms with Gasteiger partial charge in [-0.25, -0.2) is 12.8 Å². The van der Waals surface area contributed by atoms with E-state index in [9.17, 15) is 17.6 Å². The van der Waals surface area contributed by atoms with E-state index in [0.29, 0.717) is 25.2 Å². The molecule has 0 saturated carbocycles. The summed E-state index contributed by atoms with van der Waals surface area (Å²) in [5.74, 6) is -1.20. The van der Waals surface area contributed by atoms with Crippen LogP contribution in [-0.2, 0) is 14.8 Å². The number of benzene rings is 2. The highest BCUT2D eigenvalue weighted by atomic mass is 32.2. The van der Waals surface area contributed by atoms with Gasteiger partial charge in [0.25, 0.3) is 5.91 Å². The maximum absolute atomic E-state index is 14.5. The molecule has 2 aliphatic heterocycles.